The first kappa shape index (κ1) is 13.5. The topological polar surface area (TPSA) is 87.6 Å². The highest BCUT2D eigenvalue weighted by molar-refractivity contribution is 6.10. The zero-order valence-electron chi connectivity index (χ0n) is 11.2. The summed E-state index contributed by atoms with van der Waals surface area (Å²) in [4.78, 5) is 39.5. The first-order valence-corrected chi connectivity index (χ1v) is 6.20. The molecule has 0 saturated carbocycles. The molecule has 6 heteroatoms. The number of guanidine groups is 1. The molecule has 0 bridgehead atoms. The predicted molar refractivity (Wildman–Crippen MR) is 69.3 cm³/mol. The summed E-state index contributed by atoms with van der Waals surface area (Å²) in [7, 11) is 0. The summed E-state index contributed by atoms with van der Waals surface area (Å²) in [6, 6.07) is 0. The van der Waals surface area contributed by atoms with Gasteiger partial charge in [0.15, 0.2) is 5.78 Å². The summed E-state index contributed by atoms with van der Waals surface area (Å²) >= 11 is 0. The summed E-state index contributed by atoms with van der Waals surface area (Å²) in [6.07, 6.45) is 2.85. The van der Waals surface area contributed by atoms with Crippen LogP contribution in [0.1, 0.15) is 33.6 Å². The molecule has 0 spiro atoms. The van der Waals surface area contributed by atoms with Crippen LogP contribution in [0.25, 0.3) is 0 Å². The molecular weight excluding hydrogens is 246 g/mol. The number of hydrogen-bond donors (Lipinski definition) is 2. The van der Waals surface area contributed by atoms with Gasteiger partial charge in [0.1, 0.15) is 5.54 Å². The molecule has 0 saturated heterocycles. The van der Waals surface area contributed by atoms with Gasteiger partial charge in [0.2, 0.25) is 17.8 Å². The Balaban J connectivity index is 2.46. The van der Waals surface area contributed by atoms with Crippen LogP contribution in [0, 0.1) is 5.92 Å². The van der Waals surface area contributed by atoms with Crippen LogP contribution in [-0.4, -0.2) is 29.1 Å². The first-order chi connectivity index (χ1) is 8.85. The molecule has 2 aliphatic rings. The second-order valence-corrected chi connectivity index (χ2v) is 5.12. The monoisotopic (exact) mass is 263 g/mol. The van der Waals surface area contributed by atoms with E-state index in [-0.39, 0.29) is 23.6 Å². The molecule has 0 aromatic heterocycles. The summed E-state index contributed by atoms with van der Waals surface area (Å²) < 4.78 is 0. The van der Waals surface area contributed by atoms with Gasteiger partial charge in [-0.1, -0.05) is 11.6 Å². The molecule has 1 aliphatic heterocycles. The molecule has 0 aromatic rings. The van der Waals surface area contributed by atoms with Crippen LogP contribution in [-0.2, 0) is 14.4 Å². The van der Waals surface area contributed by atoms with E-state index >= 15 is 0 Å². The standard InChI is InChI=1S/C13H17N3O3/c1-7-4-5-13(8(2)17)10(6-7)11(19)15-12(16-13)14-9(3)18/h4,10H,5-6H2,1-3H3,(H2,14,15,16,18,19). The van der Waals surface area contributed by atoms with Crippen molar-refractivity contribution in [2.24, 2.45) is 10.9 Å². The van der Waals surface area contributed by atoms with Gasteiger partial charge in [-0.2, -0.15) is 0 Å². The number of ketones is 1. The van der Waals surface area contributed by atoms with Gasteiger partial charge in [-0.15, -0.1) is 0 Å². The van der Waals surface area contributed by atoms with Crippen molar-refractivity contribution in [3.63, 3.8) is 0 Å². The number of rotatable bonds is 1. The quantitative estimate of drug-likeness (QED) is 0.667. The Morgan fingerprint density at radius 1 is 1.47 bits per heavy atom. The van der Waals surface area contributed by atoms with Gasteiger partial charge in [-0.05, 0) is 26.7 Å². The minimum atomic E-state index is -1.07. The van der Waals surface area contributed by atoms with E-state index < -0.39 is 11.5 Å². The molecule has 2 amide bonds. The summed E-state index contributed by atoms with van der Waals surface area (Å²) in [5, 5.41) is 4.99. The van der Waals surface area contributed by atoms with Gasteiger partial charge < -0.3 is 0 Å². The highest BCUT2D eigenvalue weighted by atomic mass is 16.2. The minimum absolute atomic E-state index is 0.0666. The fourth-order valence-electron chi connectivity index (χ4n) is 2.60. The largest absolute Gasteiger partial charge is 0.297 e. The van der Waals surface area contributed by atoms with Crippen LogP contribution < -0.4 is 10.6 Å². The summed E-state index contributed by atoms with van der Waals surface area (Å²) in [5.74, 6) is -1.18. The zero-order valence-corrected chi connectivity index (χ0v) is 11.2. The van der Waals surface area contributed by atoms with Gasteiger partial charge in [0, 0.05) is 6.92 Å². The fraction of sp³-hybridized carbons (Fsp3) is 0.538. The van der Waals surface area contributed by atoms with Crippen molar-refractivity contribution < 1.29 is 14.4 Å². The number of fused-ring (bicyclic) bond motifs is 1. The molecule has 2 N–H and O–H groups in total. The maximum absolute atomic E-state index is 12.2. The number of aliphatic imine (C=N–C) groups is 1. The fourth-order valence-corrected chi connectivity index (χ4v) is 2.60. The molecule has 2 atom stereocenters. The second kappa shape index (κ2) is 4.60. The smallest absolute Gasteiger partial charge is 0.233 e. The van der Waals surface area contributed by atoms with E-state index in [0.29, 0.717) is 12.8 Å². The van der Waals surface area contributed by atoms with Crippen molar-refractivity contribution >= 4 is 23.6 Å². The zero-order chi connectivity index (χ0) is 14.2. The molecule has 1 heterocycles. The van der Waals surface area contributed by atoms with Crippen molar-refractivity contribution in [3.8, 4) is 0 Å². The lowest BCUT2D eigenvalue weighted by Crippen LogP contribution is -2.60. The Kier molecular flexibility index (Phi) is 3.26. The number of allylic oxidation sites excluding steroid dienone is 1. The molecule has 102 valence electrons. The van der Waals surface area contributed by atoms with E-state index in [0.717, 1.165) is 5.57 Å². The number of carbonyl (C=O) groups is 3. The van der Waals surface area contributed by atoms with Crippen LogP contribution in [0.2, 0.25) is 0 Å². The predicted octanol–water partition coefficient (Wildman–Crippen LogP) is 0.292. The number of nitrogens with zero attached hydrogens (tertiary/aromatic N) is 1. The van der Waals surface area contributed by atoms with Crippen LogP contribution in [0.4, 0.5) is 0 Å². The van der Waals surface area contributed by atoms with Crippen LogP contribution >= 0.6 is 0 Å². The van der Waals surface area contributed by atoms with Crippen molar-refractivity contribution in [1.82, 2.24) is 10.6 Å². The molecule has 6 nitrogen and oxygen atoms in total. The Morgan fingerprint density at radius 3 is 2.74 bits per heavy atom. The molecule has 2 rings (SSSR count). The van der Waals surface area contributed by atoms with E-state index in [2.05, 4.69) is 15.6 Å². The van der Waals surface area contributed by atoms with Gasteiger partial charge in [-0.3, -0.25) is 25.0 Å². The molecular formula is C13H17N3O3. The first-order valence-electron chi connectivity index (χ1n) is 6.20. The molecule has 0 aromatic carbocycles. The maximum atomic E-state index is 12.2. The lowest BCUT2D eigenvalue weighted by molar-refractivity contribution is -0.134. The average molecular weight is 263 g/mol. The van der Waals surface area contributed by atoms with Gasteiger partial charge in [-0.25, -0.2) is 4.99 Å². The molecule has 1 aliphatic carbocycles. The van der Waals surface area contributed by atoms with Crippen LogP contribution in [0.3, 0.4) is 0 Å². The van der Waals surface area contributed by atoms with Crippen molar-refractivity contribution in [2.45, 2.75) is 39.2 Å². The molecule has 2 unspecified atom stereocenters. The summed E-state index contributed by atoms with van der Waals surface area (Å²) in [6.45, 7) is 4.70. The van der Waals surface area contributed by atoms with Crippen molar-refractivity contribution in [1.29, 1.82) is 0 Å². The van der Waals surface area contributed by atoms with E-state index in [9.17, 15) is 14.4 Å². The number of amides is 2. The Bertz CT molecular complexity index is 521. The molecule has 19 heavy (non-hydrogen) atoms. The highest BCUT2D eigenvalue weighted by Gasteiger charge is 2.51. The third-order valence-corrected chi connectivity index (χ3v) is 3.64. The molecule has 0 fully saturated rings. The van der Waals surface area contributed by atoms with Crippen molar-refractivity contribution in [2.75, 3.05) is 0 Å². The Morgan fingerprint density at radius 2 is 2.16 bits per heavy atom. The second-order valence-electron chi connectivity index (χ2n) is 5.12. The van der Waals surface area contributed by atoms with Gasteiger partial charge >= 0.3 is 0 Å². The number of Topliss-reactive ketones (excluding diaryl/α,β-unsaturated/α-hetero) is 1. The normalized spacial score (nSPS) is 29.6. The van der Waals surface area contributed by atoms with Crippen LogP contribution in [0.5, 0.6) is 0 Å². The van der Waals surface area contributed by atoms with Gasteiger partial charge in [0.25, 0.3) is 0 Å². The lowest BCUT2D eigenvalue weighted by Gasteiger charge is -2.40. The van der Waals surface area contributed by atoms with Gasteiger partial charge in [0.05, 0.1) is 5.92 Å². The van der Waals surface area contributed by atoms with E-state index in [1.807, 2.05) is 13.0 Å². The lowest BCUT2D eigenvalue weighted by atomic mass is 9.70. The Labute approximate surface area is 111 Å². The van der Waals surface area contributed by atoms with E-state index in [1.165, 1.54) is 13.8 Å². The number of nitrogens with one attached hydrogen (secondary N) is 2. The third-order valence-electron chi connectivity index (χ3n) is 3.64. The van der Waals surface area contributed by atoms with E-state index in [1.54, 1.807) is 0 Å². The molecule has 0 radical (unpaired) electrons. The maximum Gasteiger partial charge on any atom is 0.233 e. The Hall–Kier alpha value is -1.98. The third kappa shape index (κ3) is 2.30. The van der Waals surface area contributed by atoms with Crippen molar-refractivity contribution in [3.05, 3.63) is 11.6 Å². The number of carbonyl (C=O) groups excluding carboxylic acids is 3. The van der Waals surface area contributed by atoms with E-state index in [4.69, 9.17) is 0 Å². The van der Waals surface area contributed by atoms with Crippen LogP contribution in [0.15, 0.2) is 16.6 Å². The minimum Gasteiger partial charge on any atom is -0.297 e. The SMILES string of the molecule is CC(=O)NC1=NC2(C(C)=O)CC=C(C)CC2C(=O)N1. The summed E-state index contributed by atoms with van der Waals surface area (Å²) in [5.41, 5.74) is 0.00908. The highest BCUT2D eigenvalue weighted by Crippen LogP contribution is 2.39. The number of hydrogen-bond acceptors (Lipinski definition) is 4. The average Bonchev–Trinajstić information content (AvgIpc) is 2.29.